The maximum atomic E-state index is 12.1. The molecule has 0 radical (unpaired) electrons. The van der Waals surface area contributed by atoms with Crippen molar-refractivity contribution in [2.45, 2.75) is 32.6 Å². The van der Waals surface area contributed by atoms with Crippen molar-refractivity contribution < 1.29 is 14.3 Å². The number of carbonyl (C=O) groups is 2. The second-order valence-electron chi connectivity index (χ2n) is 6.34. The summed E-state index contributed by atoms with van der Waals surface area (Å²) in [6, 6.07) is 16.5. The molecule has 2 aromatic rings. The van der Waals surface area contributed by atoms with Crippen LogP contribution in [0, 0.1) is 5.92 Å². The second-order valence-corrected chi connectivity index (χ2v) is 6.34. The molecule has 0 aliphatic heterocycles. The molecular weight excluding hydrogens is 300 g/mol. The lowest BCUT2D eigenvalue weighted by atomic mass is 9.98. The van der Waals surface area contributed by atoms with Crippen LogP contribution in [0.1, 0.15) is 43.7 Å². The molecule has 24 heavy (non-hydrogen) atoms. The van der Waals surface area contributed by atoms with Crippen molar-refractivity contribution in [1.29, 1.82) is 0 Å². The number of ketones is 1. The van der Waals surface area contributed by atoms with E-state index < -0.39 is 0 Å². The fourth-order valence-corrected chi connectivity index (χ4v) is 3.39. The molecule has 1 aliphatic carbocycles. The molecule has 0 aromatic heterocycles. The standard InChI is InChI=1S/C21H22O3/c1-3-20(22)14(2)12-21(23)24-13-19-17-10-6-4-8-15(17)16-9-5-7-11-18(16)19/h4-11,14,19H,3,12-13H2,1-2H3. The van der Waals surface area contributed by atoms with Crippen LogP contribution in [0.4, 0.5) is 0 Å². The van der Waals surface area contributed by atoms with Gasteiger partial charge in [0.1, 0.15) is 12.4 Å². The van der Waals surface area contributed by atoms with E-state index in [0.717, 1.165) is 0 Å². The van der Waals surface area contributed by atoms with Crippen LogP contribution >= 0.6 is 0 Å². The average molecular weight is 322 g/mol. The van der Waals surface area contributed by atoms with E-state index in [-0.39, 0.29) is 30.0 Å². The fourth-order valence-electron chi connectivity index (χ4n) is 3.39. The summed E-state index contributed by atoms with van der Waals surface area (Å²) in [6.45, 7) is 3.92. The predicted octanol–water partition coefficient (Wildman–Crippen LogP) is 4.35. The highest BCUT2D eigenvalue weighted by Crippen LogP contribution is 2.44. The molecule has 0 bridgehead atoms. The van der Waals surface area contributed by atoms with Gasteiger partial charge in [-0.3, -0.25) is 9.59 Å². The Morgan fingerprint density at radius 2 is 1.54 bits per heavy atom. The van der Waals surface area contributed by atoms with E-state index in [4.69, 9.17) is 4.74 Å². The van der Waals surface area contributed by atoms with Crippen LogP contribution in [-0.4, -0.2) is 18.4 Å². The molecule has 2 aromatic carbocycles. The SMILES string of the molecule is CCC(=O)C(C)CC(=O)OCC1c2ccccc2-c2ccccc21. The van der Waals surface area contributed by atoms with Crippen LogP contribution in [0.25, 0.3) is 11.1 Å². The van der Waals surface area contributed by atoms with Crippen molar-refractivity contribution in [3.8, 4) is 11.1 Å². The number of hydrogen-bond donors (Lipinski definition) is 0. The highest BCUT2D eigenvalue weighted by Gasteiger charge is 2.29. The van der Waals surface area contributed by atoms with Crippen molar-refractivity contribution in [1.82, 2.24) is 0 Å². The monoisotopic (exact) mass is 322 g/mol. The zero-order valence-corrected chi connectivity index (χ0v) is 14.1. The Morgan fingerprint density at radius 3 is 2.08 bits per heavy atom. The Balaban J connectivity index is 1.72. The molecule has 0 saturated heterocycles. The molecule has 0 N–H and O–H groups in total. The first-order chi connectivity index (χ1) is 11.6. The molecule has 124 valence electrons. The van der Waals surface area contributed by atoms with Gasteiger partial charge in [0.15, 0.2) is 0 Å². The number of benzene rings is 2. The Hall–Kier alpha value is -2.42. The third-order valence-corrected chi connectivity index (χ3v) is 4.74. The quantitative estimate of drug-likeness (QED) is 0.743. The molecule has 1 atom stereocenters. The highest BCUT2D eigenvalue weighted by molar-refractivity contribution is 5.85. The van der Waals surface area contributed by atoms with Gasteiger partial charge in [0.2, 0.25) is 0 Å². The van der Waals surface area contributed by atoms with Crippen molar-refractivity contribution in [2.24, 2.45) is 5.92 Å². The summed E-state index contributed by atoms with van der Waals surface area (Å²) >= 11 is 0. The second kappa shape index (κ2) is 7.00. The van der Waals surface area contributed by atoms with Gasteiger partial charge in [0.05, 0.1) is 6.42 Å². The normalized spacial score (nSPS) is 13.9. The van der Waals surface area contributed by atoms with Crippen molar-refractivity contribution in [3.63, 3.8) is 0 Å². The summed E-state index contributed by atoms with van der Waals surface area (Å²) in [5.41, 5.74) is 4.82. The Morgan fingerprint density at radius 1 is 1.00 bits per heavy atom. The minimum Gasteiger partial charge on any atom is -0.465 e. The van der Waals surface area contributed by atoms with Crippen LogP contribution in [0.3, 0.4) is 0 Å². The molecular formula is C21H22O3. The summed E-state index contributed by atoms with van der Waals surface area (Å²) in [5, 5.41) is 0. The third kappa shape index (κ3) is 3.12. The highest BCUT2D eigenvalue weighted by atomic mass is 16.5. The number of rotatable bonds is 6. The average Bonchev–Trinajstić information content (AvgIpc) is 2.93. The van der Waals surface area contributed by atoms with Crippen LogP contribution < -0.4 is 0 Å². The molecule has 0 saturated carbocycles. The number of Topliss-reactive ketones (excluding diaryl/α,β-unsaturated/α-hetero) is 1. The summed E-state index contributed by atoms with van der Waals surface area (Å²) in [6.07, 6.45) is 0.612. The zero-order chi connectivity index (χ0) is 17.1. The number of ether oxygens (including phenoxy) is 1. The van der Waals surface area contributed by atoms with E-state index in [1.807, 2.05) is 31.2 Å². The topological polar surface area (TPSA) is 43.4 Å². The summed E-state index contributed by atoms with van der Waals surface area (Å²) < 4.78 is 5.51. The third-order valence-electron chi connectivity index (χ3n) is 4.74. The van der Waals surface area contributed by atoms with Gasteiger partial charge >= 0.3 is 5.97 Å². The van der Waals surface area contributed by atoms with Crippen molar-refractivity contribution >= 4 is 11.8 Å². The molecule has 0 amide bonds. The lowest BCUT2D eigenvalue weighted by molar-refractivity contribution is -0.146. The molecule has 3 nitrogen and oxygen atoms in total. The minimum absolute atomic E-state index is 0.0681. The van der Waals surface area contributed by atoms with E-state index in [1.54, 1.807) is 6.92 Å². The van der Waals surface area contributed by atoms with E-state index in [2.05, 4.69) is 24.3 Å². The largest absolute Gasteiger partial charge is 0.465 e. The van der Waals surface area contributed by atoms with Crippen LogP contribution in [-0.2, 0) is 14.3 Å². The van der Waals surface area contributed by atoms with Gasteiger partial charge in [0, 0.05) is 18.3 Å². The smallest absolute Gasteiger partial charge is 0.306 e. The van der Waals surface area contributed by atoms with Gasteiger partial charge in [0.25, 0.3) is 0 Å². The van der Waals surface area contributed by atoms with Crippen LogP contribution in [0.5, 0.6) is 0 Å². The summed E-state index contributed by atoms with van der Waals surface area (Å²) in [5.74, 6) is -0.404. The first-order valence-corrected chi connectivity index (χ1v) is 8.48. The van der Waals surface area contributed by atoms with Crippen molar-refractivity contribution in [2.75, 3.05) is 6.61 Å². The van der Waals surface area contributed by atoms with E-state index >= 15 is 0 Å². The van der Waals surface area contributed by atoms with Gasteiger partial charge in [-0.05, 0) is 22.3 Å². The first kappa shape index (κ1) is 16.4. The van der Waals surface area contributed by atoms with Gasteiger partial charge in [-0.25, -0.2) is 0 Å². The number of carbonyl (C=O) groups excluding carboxylic acids is 2. The Kier molecular flexibility index (Phi) is 4.79. The number of hydrogen-bond acceptors (Lipinski definition) is 3. The minimum atomic E-state index is -0.300. The number of esters is 1. The lowest BCUT2D eigenvalue weighted by Gasteiger charge is -2.15. The molecule has 1 unspecified atom stereocenters. The molecule has 0 spiro atoms. The van der Waals surface area contributed by atoms with E-state index in [1.165, 1.54) is 22.3 Å². The fraction of sp³-hybridized carbons (Fsp3) is 0.333. The van der Waals surface area contributed by atoms with Crippen molar-refractivity contribution in [3.05, 3.63) is 59.7 Å². The maximum absolute atomic E-state index is 12.1. The van der Waals surface area contributed by atoms with Gasteiger partial charge < -0.3 is 4.74 Å². The molecule has 3 heteroatoms. The first-order valence-electron chi connectivity index (χ1n) is 8.48. The molecule has 1 aliphatic rings. The maximum Gasteiger partial charge on any atom is 0.306 e. The van der Waals surface area contributed by atoms with E-state index in [9.17, 15) is 9.59 Å². The Labute approximate surface area is 142 Å². The molecule has 3 rings (SSSR count). The predicted molar refractivity (Wildman–Crippen MR) is 93.8 cm³/mol. The zero-order valence-electron chi connectivity index (χ0n) is 14.1. The van der Waals surface area contributed by atoms with Crippen LogP contribution in [0.2, 0.25) is 0 Å². The lowest BCUT2D eigenvalue weighted by Crippen LogP contribution is -2.18. The summed E-state index contributed by atoms with van der Waals surface area (Å²) in [7, 11) is 0. The molecule has 0 fully saturated rings. The van der Waals surface area contributed by atoms with Gasteiger partial charge in [-0.2, -0.15) is 0 Å². The number of fused-ring (bicyclic) bond motifs is 3. The summed E-state index contributed by atoms with van der Waals surface area (Å²) in [4.78, 5) is 23.7. The van der Waals surface area contributed by atoms with Gasteiger partial charge in [-0.15, -0.1) is 0 Å². The van der Waals surface area contributed by atoms with E-state index in [0.29, 0.717) is 13.0 Å². The Bertz CT molecular complexity index is 718. The molecule has 0 heterocycles. The van der Waals surface area contributed by atoms with Gasteiger partial charge in [-0.1, -0.05) is 62.4 Å². The van der Waals surface area contributed by atoms with Crippen LogP contribution in [0.15, 0.2) is 48.5 Å².